The Bertz CT molecular complexity index is 232. The van der Waals surface area contributed by atoms with Gasteiger partial charge in [0, 0.05) is 43.9 Å². The fourth-order valence-electron chi connectivity index (χ4n) is 0.413. The molecule has 0 saturated carbocycles. The predicted octanol–water partition coefficient (Wildman–Crippen LogP) is -0.300. The van der Waals surface area contributed by atoms with Crippen molar-refractivity contribution < 1.29 is 5.11 Å². The number of nitrogens with one attached hydrogen (secondary N) is 1. The van der Waals surface area contributed by atoms with E-state index in [0.29, 0.717) is 0 Å². The molecule has 44 valence electrons. The number of H-pyrrole nitrogens is 1. The van der Waals surface area contributed by atoms with Gasteiger partial charge in [-0.05, 0) is 12.1 Å². The van der Waals surface area contributed by atoms with E-state index in [1.165, 1.54) is 12.3 Å². The van der Waals surface area contributed by atoms with E-state index in [4.69, 9.17) is 5.11 Å². The van der Waals surface area contributed by atoms with Crippen molar-refractivity contribution in [2.24, 2.45) is 0 Å². The number of aromatic amines is 1. The van der Waals surface area contributed by atoms with E-state index >= 15 is 0 Å². The van der Waals surface area contributed by atoms with Crippen LogP contribution in [0, 0.1) is 0 Å². The molecule has 1 rings (SSSR count). The average Bonchev–Trinajstić information content (AvgIpc) is 1.77. The van der Waals surface area contributed by atoms with Gasteiger partial charge >= 0.3 is 0 Å². The van der Waals surface area contributed by atoms with Crippen LogP contribution in [0.3, 0.4) is 0 Å². The topological polar surface area (TPSA) is 53.1 Å². The quantitative estimate of drug-likeness (QED) is 0.500. The summed E-state index contributed by atoms with van der Waals surface area (Å²) in [4.78, 5) is 12.6. The fourth-order valence-corrected chi connectivity index (χ4v) is 0.413. The van der Waals surface area contributed by atoms with Crippen molar-refractivity contribution in [1.82, 2.24) is 4.98 Å². The first kappa shape index (κ1) is 9.01. The molecule has 0 aliphatic heterocycles. The zero-order valence-electron chi connectivity index (χ0n) is 4.79. The third-order valence-electron chi connectivity index (χ3n) is 0.797. The first-order valence-corrected chi connectivity index (χ1v) is 2.17. The Morgan fingerprint density at radius 2 is 2.22 bits per heavy atom. The van der Waals surface area contributed by atoms with Crippen molar-refractivity contribution in [2.45, 2.75) is 0 Å². The van der Waals surface area contributed by atoms with Gasteiger partial charge in [0.25, 0.3) is 5.56 Å². The van der Waals surface area contributed by atoms with Gasteiger partial charge in [0.15, 0.2) is 5.75 Å². The molecular formula is C5H5CaNO2. The van der Waals surface area contributed by atoms with E-state index in [2.05, 4.69) is 4.98 Å². The van der Waals surface area contributed by atoms with Crippen LogP contribution in [0.5, 0.6) is 5.75 Å². The van der Waals surface area contributed by atoms with Gasteiger partial charge in [0.1, 0.15) is 0 Å². The number of hydrogen-bond donors (Lipinski definition) is 2. The minimum Gasteiger partial charge on any atom is -0.503 e. The van der Waals surface area contributed by atoms with Gasteiger partial charge in [-0.1, -0.05) is 0 Å². The van der Waals surface area contributed by atoms with Crippen LogP contribution in [-0.2, 0) is 0 Å². The van der Waals surface area contributed by atoms with Gasteiger partial charge in [-0.3, -0.25) is 4.79 Å². The van der Waals surface area contributed by atoms with Crippen LogP contribution in [0.25, 0.3) is 0 Å². The summed E-state index contributed by atoms with van der Waals surface area (Å²) in [6, 6.07) is 2.88. The number of rotatable bonds is 0. The summed E-state index contributed by atoms with van der Waals surface area (Å²) in [6.45, 7) is 0. The first-order valence-electron chi connectivity index (χ1n) is 2.17. The molecule has 0 aliphatic carbocycles. The second-order valence-electron chi connectivity index (χ2n) is 1.38. The Labute approximate surface area is 81.7 Å². The van der Waals surface area contributed by atoms with Crippen LogP contribution >= 0.6 is 0 Å². The maximum absolute atomic E-state index is 10.3. The van der Waals surface area contributed by atoms with E-state index in [1.54, 1.807) is 6.07 Å². The van der Waals surface area contributed by atoms with Gasteiger partial charge in [-0.2, -0.15) is 0 Å². The molecule has 0 aliphatic rings. The van der Waals surface area contributed by atoms with Crippen LogP contribution in [0.1, 0.15) is 0 Å². The zero-order valence-corrected chi connectivity index (χ0v) is 7.00. The summed E-state index contributed by atoms with van der Waals surface area (Å²) in [5, 5.41) is 8.58. The molecule has 3 nitrogen and oxygen atoms in total. The molecule has 1 aromatic heterocycles. The number of pyridine rings is 1. The van der Waals surface area contributed by atoms with Gasteiger partial charge < -0.3 is 10.1 Å². The molecule has 0 fully saturated rings. The average molecular weight is 151 g/mol. The van der Waals surface area contributed by atoms with Gasteiger partial charge in [-0.25, -0.2) is 0 Å². The van der Waals surface area contributed by atoms with E-state index in [9.17, 15) is 4.79 Å². The van der Waals surface area contributed by atoms with E-state index in [-0.39, 0.29) is 43.5 Å². The van der Waals surface area contributed by atoms with Crippen LogP contribution in [0.2, 0.25) is 0 Å². The Morgan fingerprint density at radius 1 is 1.56 bits per heavy atom. The number of aromatic nitrogens is 1. The molecular weight excluding hydrogens is 146 g/mol. The first-order chi connectivity index (χ1) is 3.80. The standard InChI is InChI=1S/C5H5NO2.Ca/c7-4-2-1-3-6-5(4)8;/h1-3,7H,(H,6,8);. The van der Waals surface area contributed by atoms with Crippen molar-refractivity contribution in [3.63, 3.8) is 0 Å². The Morgan fingerprint density at radius 3 is 2.56 bits per heavy atom. The van der Waals surface area contributed by atoms with Gasteiger partial charge in [-0.15, -0.1) is 0 Å². The van der Waals surface area contributed by atoms with E-state index < -0.39 is 5.56 Å². The third-order valence-corrected chi connectivity index (χ3v) is 0.797. The second-order valence-corrected chi connectivity index (χ2v) is 1.38. The largest absolute Gasteiger partial charge is 0.503 e. The zero-order chi connectivity index (χ0) is 5.98. The van der Waals surface area contributed by atoms with Crippen molar-refractivity contribution in [3.8, 4) is 5.75 Å². The molecule has 0 atom stereocenters. The molecule has 0 unspecified atom stereocenters. The van der Waals surface area contributed by atoms with E-state index in [0.717, 1.165) is 0 Å². The monoisotopic (exact) mass is 151 g/mol. The Kier molecular flexibility index (Phi) is 3.93. The summed E-state index contributed by atoms with van der Waals surface area (Å²) >= 11 is 0. The van der Waals surface area contributed by atoms with Crippen molar-refractivity contribution in [3.05, 3.63) is 28.7 Å². The summed E-state index contributed by atoms with van der Waals surface area (Å²) in [6.07, 6.45) is 1.46. The maximum atomic E-state index is 10.3. The Hall–Kier alpha value is 0.00974. The number of hydrogen-bond acceptors (Lipinski definition) is 2. The van der Waals surface area contributed by atoms with Crippen LogP contribution in [-0.4, -0.2) is 47.8 Å². The van der Waals surface area contributed by atoms with Gasteiger partial charge in [0.2, 0.25) is 0 Å². The molecule has 0 spiro atoms. The minimum atomic E-state index is -0.451. The Balaban J connectivity index is 0.000000640. The summed E-state index contributed by atoms with van der Waals surface area (Å²) in [7, 11) is 0. The fraction of sp³-hybridized carbons (Fsp3) is 0. The molecule has 4 heteroatoms. The molecule has 2 radical (unpaired) electrons. The van der Waals surface area contributed by atoms with Crippen LogP contribution in [0.15, 0.2) is 23.1 Å². The third kappa shape index (κ3) is 2.39. The normalized spacial score (nSPS) is 8.00. The molecule has 0 amide bonds. The second kappa shape index (κ2) is 3.93. The van der Waals surface area contributed by atoms with Gasteiger partial charge in [0.05, 0.1) is 0 Å². The SMILES string of the molecule is O=c1[nH]cccc1O.[Ca]. The predicted molar refractivity (Wildman–Crippen MR) is 34.5 cm³/mol. The van der Waals surface area contributed by atoms with Crippen molar-refractivity contribution in [1.29, 1.82) is 0 Å². The van der Waals surface area contributed by atoms with Crippen molar-refractivity contribution in [2.75, 3.05) is 0 Å². The summed E-state index contributed by atoms with van der Waals surface area (Å²) in [5.74, 6) is -0.243. The molecule has 1 heterocycles. The smallest absolute Gasteiger partial charge is 0.290 e. The van der Waals surface area contributed by atoms with Crippen molar-refractivity contribution >= 4 is 37.7 Å². The molecule has 0 aromatic carbocycles. The van der Waals surface area contributed by atoms with Crippen LogP contribution in [0.4, 0.5) is 0 Å². The summed E-state index contributed by atoms with van der Waals surface area (Å²) < 4.78 is 0. The maximum Gasteiger partial charge on any atom is 0.290 e. The van der Waals surface area contributed by atoms with Crippen LogP contribution < -0.4 is 5.56 Å². The minimum absolute atomic E-state index is 0. The summed E-state index contributed by atoms with van der Waals surface area (Å²) in [5.41, 5.74) is -0.451. The molecule has 9 heavy (non-hydrogen) atoms. The number of aromatic hydroxyl groups is 1. The molecule has 2 N–H and O–H groups in total. The van der Waals surface area contributed by atoms with E-state index in [1.807, 2.05) is 0 Å². The molecule has 1 aromatic rings. The molecule has 0 saturated heterocycles. The molecule has 0 bridgehead atoms.